The number of aryl methyl sites for hydroxylation is 1. The van der Waals surface area contributed by atoms with Gasteiger partial charge in [-0.2, -0.15) is 0 Å². The molecule has 0 unspecified atom stereocenters. The third kappa shape index (κ3) is 3.09. The second-order valence-corrected chi connectivity index (χ2v) is 7.49. The molecule has 0 aliphatic rings. The molecule has 0 spiro atoms. The lowest BCUT2D eigenvalue weighted by atomic mass is 9.75. The Labute approximate surface area is 149 Å². The van der Waals surface area contributed by atoms with Crippen LogP contribution in [-0.2, 0) is 5.41 Å². The number of phenols is 2. The van der Waals surface area contributed by atoms with Crippen molar-refractivity contribution in [1.82, 2.24) is 0 Å². The normalized spacial score (nSPS) is 11.8. The van der Waals surface area contributed by atoms with Gasteiger partial charge in [0.2, 0.25) is 0 Å². The Kier molecular flexibility index (Phi) is 4.47. The average Bonchev–Trinajstić information content (AvgIpc) is 2.56. The molecule has 0 aliphatic carbocycles. The molecule has 0 heterocycles. The van der Waals surface area contributed by atoms with Gasteiger partial charge in [0, 0.05) is 5.56 Å². The second-order valence-electron chi connectivity index (χ2n) is 7.49. The molecule has 0 saturated carbocycles. The van der Waals surface area contributed by atoms with Gasteiger partial charge in [-0.25, -0.2) is 0 Å². The molecule has 3 aromatic carbocycles. The SMILES string of the molecule is CCCC(C)(C)c1ccc2c(C)cccc2c1-c1cc(O)ccc1O. The molecule has 0 fully saturated rings. The molecule has 2 nitrogen and oxygen atoms in total. The molecule has 0 saturated heterocycles. The first-order valence-corrected chi connectivity index (χ1v) is 8.90. The fraction of sp³-hybridized carbons (Fsp3) is 0.304. The van der Waals surface area contributed by atoms with Gasteiger partial charge >= 0.3 is 0 Å². The van der Waals surface area contributed by atoms with Gasteiger partial charge < -0.3 is 10.2 Å². The molecule has 0 aromatic heterocycles. The van der Waals surface area contributed by atoms with Crippen molar-refractivity contribution in [2.45, 2.75) is 46.0 Å². The fourth-order valence-electron chi connectivity index (χ4n) is 3.85. The van der Waals surface area contributed by atoms with E-state index in [4.69, 9.17) is 0 Å². The van der Waals surface area contributed by atoms with Crippen LogP contribution in [-0.4, -0.2) is 10.2 Å². The minimum absolute atomic E-state index is 0.0279. The van der Waals surface area contributed by atoms with Crippen molar-refractivity contribution in [3.63, 3.8) is 0 Å². The predicted molar refractivity (Wildman–Crippen MR) is 105 cm³/mol. The first-order valence-electron chi connectivity index (χ1n) is 8.90. The van der Waals surface area contributed by atoms with E-state index in [1.54, 1.807) is 12.1 Å². The highest BCUT2D eigenvalue weighted by molar-refractivity contribution is 6.01. The first kappa shape index (κ1) is 17.3. The summed E-state index contributed by atoms with van der Waals surface area (Å²) in [7, 11) is 0. The third-order valence-electron chi connectivity index (χ3n) is 5.13. The van der Waals surface area contributed by atoms with Crippen LogP contribution in [0.1, 0.15) is 44.7 Å². The maximum Gasteiger partial charge on any atom is 0.123 e. The molecule has 0 aliphatic heterocycles. The summed E-state index contributed by atoms with van der Waals surface area (Å²) in [4.78, 5) is 0. The molecule has 0 radical (unpaired) electrons. The second kappa shape index (κ2) is 6.44. The highest BCUT2D eigenvalue weighted by atomic mass is 16.3. The van der Waals surface area contributed by atoms with Gasteiger partial charge in [0.15, 0.2) is 0 Å². The Morgan fingerprint density at radius 1 is 0.920 bits per heavy atom. The lowest BCUT2D eigenvalue weighted by molar-refractivity contribution is 0.460. The summed E-state index contributed by atoms with van der Waals surface area (Å²) in [5.41, 5.74) is 4.09. The molecule has 2 N–H and O–H groups in total. The van der Waals surface area contributed by atoms with Crippen molar-refractivity contribution in [3.05, 3.63) is 59.7 Å². The van der Waals surface area contributed by atoms with Gasteiger partial charge in [-0.15, -0.1) is 0 Å². The van der Waals surface area contributed by atoms with E-state index in [9.17, 15) is 10.2 Å². The van der Waals surface area contributed by atoms with Crippen molar-refractivity contribution in [3.8, 4) is 22.6 Å². The van der Waals surface area contributed by atoms with Crippen molar-refractivity contribution < 1.29 is 10.2 Å². The van der Waals surface area contributed by atoms with Gasteiger partial charge in [-0.3, -0.25) is 0 Å². The third-order valence-corrected chi connectivity index (χ3v) is 5.13. The quantitative estimate of drug-likeness (QED) is 0.549. The lowest BCUT2D eigenvalue weighted by Crippen LogP contribution is -2.18. The van der Waals surface area contributed by atoms with E-state index in [-0.39, 0.29) is 16.9 Å². The van der Waals surface area contributed by atoms with E-state index in [0.29, 0.717) is 5.56 Å². The van der Waals surface area contributed by atoms with E-state index < -0.39 is 0 Å². The molecule has 130 valence electrons. The predicted octanol–water partition coefficient (Wildman–Crippen LogP) is 6.30. The molecule has 3 aromatic rings. The van der Waals surface area contributed by atoms with Crippen LogP contribution >= 0.6 is 0 Å². The van der Waals surface area contributed by atoms with E-state index in [0.717, 1.165) is 23.8 Å². The van der Waals surface area contributed by atoms with E-state index in [2.05, 4.69) is 58.0 Å². The van der Waals surface area contributed by atoms with Crippen LogP contribution in [0.4, 0.5) is 0 Å². The maximum absolute atomic E-state index is 10.5. The summed E-state index contributed by atoms with van der Waals surface area (Å²) in [6.07, 6.45) is 2.14. The van der Waals surface area contributed by atoms with Crippen molar-refractivity contribution >= 4 is 10.8 Å². The monoisotopic (exact) mass is 334 g/mol. The van der Waals surface area contributed by atoms with E-state index >= 15 is 0 Å². The minimum Gasteiger partial charge on any atom is -0.508 e. The Morgan fingerprint density at radius 2 is 1.68 bits per heavy atom. The topological polar surface area (TPSA) is 40.5 Å². The summed E-state index contributed by atoms with van der Waals surface area (Å²) >= 11 is 0. The number of rotatable bonds is 4. The van der Waals surface area contributed by atoms with Crippen LogP contribution in [0.5, 0.6) is 11.5 Å². The molecular formula is C23H26O2. The van der Waals surface area contributed by atoms with Gasteiger partial charge in [0.25, 0.3) is 0 Å². The van der Waals surface area contributed by atoms with Crippen LogP contribution in [0.2, 0.25) is 0 Å². The molecular weight excluding hydrogens is 308 g/mol. The van der Waals surface area contributed by atoms with Crippen LogP contribution in [0.3, 0.4) is 0 Å². The van der Waals surface area contributed by atoms with Crippen LogP contribution in [0, 0.1) is 6.92 Å². The van der Waals surface area contributed by atoms with Crippen molar-refractivity contribution in [1.29, 1.82) is 0 Å². The zero-order valence-electron chi connectivity index (χ0n) is 15.4. The zero-order chi connectivity index (χ0) is 18.2. The van der Waals surface area contributed by atoms with Crippen LogP contribution in [0.15, 0.2) is 48.5 Å². The average molecular weight is 334 g/mol. The van der Waals surface area contributed by atoms with Crippen molar-refractivity contribution in [2.24, 2.45) is 0 Å². The molecule has 0 amide bonds. The number of fused-ring (bicyclic) bond motifs is 1. The number of hydrogen-bond donors (Lipinski definition) is 2. The van der Waals surface area contributed by atoms with Gasteiger partial charge in [0.05, 0.1) is 0 Å². The Morgan fingerprint density at radius 3 is 2.40 bits per heavy atom. The van der Waals surface area contributed by atoms with Crippen molar-refractivity contribution in [2.75, 3.05) is 0 Å². The summed E-state index contributed by atoms with van der Waals surface area (Å²) in [5, 5.41) is 22.8. The highest BCUT2D eigenvalue weighted by Gasteiger charge is 2.26. The molecule has 3 rings (SSSR count). The van der Waals surface area contributed by atoms with E-state index in [1.165, 1.54) is 22.6 Å². The zero-order valence-corrected chi connectivity index (χ0v) is 15.4. The largest absolute Gasteiger partial charge is 0.508 e. The summed E-state index contributed by atoms with van der Waals surface area (Å²) < 4.78 is 0. The van der Waals surface area contributed by atoms with Gasteiger partial charge in [-0.1, -0.05) is 57.5 Å². The van der Waals surface area contributed by atoms with Gasteiger partial charge in [0.1, 0.15) is 11.5 Å². The summed E-state index contributed by atoms with van der Waals surface area (Å²) in [6.45, 7) is 8.79. The maximum atomic E-state index is 10.5. The standard InChI is InChI=1S/C23H26O2/c1-5-13-23(3,4)20-11-10-17-15(2)7-6-8-18(17)22(20)19-14-16(24)9-12-21(19)25/h6-12,14,24-25H,5,13H2,1-4H3. The minimum atomic E-state index is -0.0279. The number of phenolic OH excluding ortho intramolecular Hbond substituents is 2. The number of benzene rings is 3. The summed E-state index contributed by atoms with van der Waals surface area (Å²) in [6, 6.07) is 15.4. The molecule has 25 heavy (non-hydrogen) atoms. The highest BCUT2D eigenvalue weighted by Crippen LogP contribution is 2.44. The van der Waals surface area contributed by atoms with E-state index in [1.807, 2.05) is 0 Å². The first-order chi connectivity index (χ1) is 11.8. The number of hydrogen-bond acceptors (Lipinski definition) is 2. The number of aromatic hydroxyl groups is 2. The molecule has 2 heteroatoms. The molecule has 0 atom stereocenters. The lowest BCUT2D eigenvalue weighted by Gasteiger charge is -2.29. The Bertz CT molecular complexity index is 923. The van der Waals surface area contributed by atoms with Crippen LogP contribution in [0.25, 0.3) is 21.9 Å². The molecule has 0 bridgehead atoms. The van der Waals surface area contributed by atoms with Crippen LogP contribution < -0.4 is 0 Å². The smallest absolute Gasteiger partial charge is 0.123 e. The summed E-state index contributed by atoms with van der Waals surface area (Å²) in [5.74, 6) is 0.358. The Hall–Kier alpha value is -2.48. The van der Waals surface area contributed by atoms with Gasteiger partial charge in [-0.05, 0) is 64.4 Å². The fourth-order valence-corrected chi connectivity index (χ4v) is 3.85. The Balaban J connectivity index is 2.44.